The summed E-state index contributed by atoms with van der Waals surface area (Å²) in [6.45, 7) is 13.3. The van der Waals surface area contributed by atoms with E-state index >= 15 is 0 Å². The second kappa shape index (κ2) is 20.3. The van der Waals surface area contributed by atoms with Crippen LogP contribution < -0.4 is 4.90 Å². The minimum atomic E-state index is 0.0873. The Labute approximate surface area is 383 Å². The Morgan fingerprint density at radius 3 is 2.34 bits per heavy atom. The molecule has 0 saturated heterocycles. The molecule has 1 atom stereocenters. The van der Waals surface area contributed by atoms with Crippen LogP contribution in [0.5, 0.6) is 0 Å². The monoisotopic (exact) mass is 832 g/mol. The summed E-state index contributed by atoms with van der Waals surface area (Å²) >= 11 is 0. The highest BCUT2D eigenvalue weighted by molar-refractivity contribution is 6.16. The van der Waals surface area contributed by atoms with Crippen LogP contribution in [-0.4, -0.2) is 12.8 Å². The van der Waals surface area contributed by atoms with Crippen LogP contribution in [0, 0.1) is 6.92 Å². The van der Waals surface area contributed by atoms with Gasteiger partial charge in [0, 0.05) is 33.3 Å². The third-order valence-corrected chi connectivity index (χ3v) is 12.8. The molecule has 0 spiro atoms. The predicted molar refractivity (Wildman–Crippen MR) is 281 cm³/mol. The summed E-state index contributed by atoms with van der Waals surface area (Å²) in [5.41, 5.74) is 20.2. The summed E-state index contributed by atoms with van der Waals surface area (Å²) in [6.07, 6.45) is 26.2. The van der Waals surface area contributed by atoms with Gasteiger partial charge in [-0.2, -0.15) is 0 Å². The Kier molecular flexibility index (Phi) is 14.0. The number of nitrogens with zero attached hydrogens (tertiary/aromatic N) is 1. The lowest BCUT2D eigenvalue weighted by molar-refractivity contribution is 0.742. The Morgan fingerprint density at radius 1 is 0.766 bits per heavy atom. The normalized spacial score (nSPS) is 14.4. The van der Waals surface area contributed by atoms with Crippen molar-refractivity contribution in [1.29, 1.82) is 0 Å². The largest absolute Gasteiger partial charge is 0.353 e. The molecule has 3 heteroatoms. The first-order valence-electron chi connectivity index (χ1n) is 23.3. The van der Waals surface area contributed by atoms with Gasteiger partial charge >= 0.3 is 0 Å². The van der Waals surface area contributed by atoms with Crippen molar-refractivity contribution in [3.05, 3.63) is 209 Å². The van der Waals surface area contributed by atoms with E-state index in [1.165, 1.54) is 73.7 Å². The molecule has 8 rings (SSSR count). The van der Waals surface area contributed by atoms with Gasteiger partial charge < -0.3 is 9.88 Å². The second-order valence-corrected chi connectivity index (χ2v) is 17.4. The van der Waals surface area contributed by atoms with Crippen LogP contribution in [0.1, 0.15) is 100 Å². The van der Waals surface area contributed by atoms with Crippen molar-refractivity contribution < 1.29 is 0 Å². The van der Waals surface area contributed by atoms with Gasteiger partial charge in [0.2, 0.25) is 0 Å². The highest BCUT2D eigenvalue weighted by Gasteiger charge is 2.28. The number of nitrogens with one attached hydrogen (secondary N) is 1. The lowest BCUT2D eigenvalue weighted by Crippen LogP contribution is -2.16. The Balaban J connectivity index is 1.51. The molecular formula is C61H61BN2. The van der Waals surface area contributed by atoms with Gasteiger partial charge in [-0.1, -0.05) is 183 Å². The van der Waals surface area contributed by atoms with Crippen LogP contribution in [0.3, 0.4) is 0 Å². The maximum Gasteiger partial charge on any atom is 0.0782 e. The molecule has 0 amide bonds. The van der Waals surface area contributed by atoms with Crippen molar-refractivity contribution in [2.45, 2.75) is 85.9 Å². The van der Waals surface area contributed by atoms with Crippen LogP contribution in [0.2, 0.25) is 0 Å². The van der Waals surface area contributed by atoms with E-state index in [-0.39, 0.29) is 5.92 Å². The number of para-hydroxylation sites is 1. The number of aromatic amines is 1. The number of hydrogen-bond acceptors (Lipinski definition) is 1. The van der Waals surface area contributed by atoms with Crippen LogP contribution >= 0.6 is 0 Å². The molecule has 2 radical (unpaired) electrons. The van der Waals surface area contributed by atoms with E-state index in [0.717, 1.165) is 64.0 Å². The first-order valence-corrected chi connectivity index (χ1v) is 23.3. The summed E-state index contributed by atoms with van der Waals surface area (Å²) in [5, 5.41) is 2.40. The quantitative estimate of drug-likeness (QED) is 0.0854. The third-order valence-electron chi connectivity index (χ3n) is 12.8. The van der Waals surface area contributed by atoms with Crippen LogP contribution in [0.4, 0.5) is 17.1 Å². The molecule has 0 fully saturated rings. The van der Waals surface area contributed by atoms with Gasteiger partial charge in [-0.3, -0.25) is 0 Å². The maximum absolute atomic E-state index is 6.45. The summed E-state index contributed by atoms with van der Waals surface area (Å²) in [6, 6.07) is 45.3. The molecule has 7 aromatic rings. The average Bonchev–Trinajstić information content (AvgIpc) is 3.72. The van der Waals surface area contributed by atoms with Gasteiger partial charge in [-0.25, -0.2) is 0 Å². The first kappa shape index (κ1) is 44.0. The zero-order valence-corrected chi connectivity index (χ0v) is 38.6. The number of rotatable bonds is 14. The molecule has 2 nitrogen and oxygen atoms in total. The number of aromatic nitrogens is 1. The Hall–Kier alpha value is -6.58. The molecule has 0 bridgehead atoms. The molecule has 6 aromatic carbocycles. The predicted octanol–water partition coefficient (Wildman–Crippen LogP) is 17.6. The summed E-state index contributed by atoms with van der Waals surface area (Å²) in [7, 11) is 6.45. The van der Waals surface area contributed by atoms with Gasteiger partial charge in [-0.15, -0.1) is 0 Å². The molecule has 1 aliphatic rings. The van der Waals surface area contributed by atoms with Gasteiger partial charge in [-0.05, 0) is 129 Å². The van der Waals surface area contributed by atoms with E-state index in [1.54, 1.807) is 0 Å². The standard InChI is InChI=1S/C61H61BN2/c1-7-9-10-13-21-43(4)49-31-34-52(44(5)29-28-42(3)20-8-2)59(40-49)64(58-37-30-46(41-62)39-56(58)48-24-16-12-17-25-48)61-55(36-35-54-53-26-18-19-27-57(53)63-60(54)61)51-33-32-50(38-45(51)6)47-22-14-11-15-23-47/h7,9-10,12-13,16-22,24-40,44,63H,8,11,14-15,23,41H2,1-6H3/b9-7-,13-10-,29-28-,42-20-,43-21+. The van der Waals surface area contributed by atoms with Gasteiger partial charge in [0.05, 0.1) is 30.4 Å². The summed E-state index contributed by atoms with van der Waals surface area (Å²) in [5.74, 6) is 0.0873. The molecule has 1 heterocycles. The fraction of sp³-hybridized carbons (Fsp3) is 0.213. The van der Waals surface area contributed by atoms with Gasteiger partial charge in [0.1, 0.15) is 0 Å². The number of benzene rings is 6. The van der Waals surface area contributed by atoms with E-state index < -0.39 is 0 Å². The number of fused-ring (bicyclic) bond motifs is 3. The smallest absolute Gasteiger partial charge is 0.0782 e. The number of anilines is 3. The molecule has 0 aliphatic heterocycles. The van der Waals surface area contributed by atoms with E-state index in [2.05, 4.69) is 221 Å². The SMILES string of the molecule is [B]Cc1ccc(N(c2cc(/C(C)=C/C=C\C=C/C)ccc2C(C)/C=C\C(C)=C/CC)c2c(-c3ccc(C4=CCCCC4)cc3C)ccc3c2[nH]c2ccccc23)c(-c2ccccc2)c1. The molecule has 1 aliphatic carbocycles. The van der Waals surface area contributed by atoms with E-state index in [0.29, 0.717) is 6.32 Å². The van der Waals surface area contributed by atoms with Crippen molar-refractivity contribution >= 4 is 57.9 Å². The van der Waals surface area contributed by atoms with Gasteiger partial charge in [0.15, 0.2) is 0 Å². The molecular weight excluding hydrogens is 771 g/mol. The van der Waals surface area contributed by atoms with Crippen LogP contribution in [0.25, 0.3) is 55.2 Å². The second-order valence-electron chi connectivity index (χ2n) is 17.4. The minimum Gasteiger partial charge on any atom is -0.353 e. The molecule has 64 heavy (non-hydrogen) atoms. The fourth-order valence-corrected chi connectivity index (χ4v) is 9.37. The van der Waals surface area contributed by atoms with Gasteiger partial charge in [0.25, 0.3) is 0 Å². The van der Waals surface area contributed by atoms with E-state index in [1.807, 2.05) is 6.92 Å². The van der Waals surface area contributed by atoms with Crippen molar-refractivity contribution in [2.75, 3.05) is 4.90 Å². The highest BCUT2D eigenvalue weighted by Crippen LogP contribution is 2.51. The zero-order valence-electron chi connectivity index (χ0n) is 38.6. The maximum atomic E-state index is 6.45. The highest BCUT2D eigenvalue weighted by atomic mass is 15.2. The minimum absolute atomic E-state index is 0.0873. The van der Waals surface area contributed by atoms with Crippen LogP contribution in [0.15, 0.2) is 182 Å². The lowest BCUT2D eigenvalue weighted by atomic mass is 9.88. The lowest BCUT2D eigenvalue weighted by Gasteiger charge is -2.34. The third kappa shape index (κ3) is 9.36. The van der Waals surface area contributed by atoms with Crippen molar-refractivity contribution in [3.8, 4) is 22.3 Å². The first-order chi connectivity index (χ1) is 31.3. The van der Waals surface area contributed by atoms with Crippen molar-refractivity contribution in [3.63, 3.8) is 0 Å². The van der Waals surface area contributed by atoms with Crippen molar-refractivity contribution in [2.24, 2.45) is 0 Å². The summed E-state index contributed by atoms with van der Waals surface area (Å²) in [4.78, 5) is 6.58. The summed E-state index contributed by atoms with van der Waals surface area (Å²) < 4.78 is 0. The number of H-pyrrole nitrogens is 1. The molecule has 1 aromatic heterocycles. The number of hydrogen-bond donors (Lipinski definition) is 1. The topological polar surface area (TPSA) is 19.0 Å². The number of aryl methyl sites for hydroxylation is 1. The molecule has 318 valence electrons. The average molecular weight is 833 g/mol. The molecule has 0 saturated carbocycles. The molecule has 1 N–H and O–H groups in total. The van der Waals surface area contributed by atoms with Crippen LogP contribution in [-0.2, 0) is 6.32 Å². The zero-order chi connectivity index (χ0) is 44.6. The van der Waals surface area contributed by atoms with E-state index in [9.17, 15) is 0 Å². The Bertz CT molecular complexity index is 2970. The molecule has 1 unspecified atom stereocenters. The Morgan fingerprint density at radius 2 is 1.58 bits per heavy atom. The van der Waals surface area contributed by atoms with Crippen molar-refractivity contribution in [1.82, 2.24) is 4.98 Å². The number of allylic oxidation sites excluding steroid dienone is 12. The fourth-order valence-electron chi connectivity index (χ4n) is 9.37. The van der Waals surface area contributed by atoms with E-state index in [4.69, 9.17) is 7.85 Å².